The highest BCUT2D eigenvalue weighted by atomic mass is 79.9. The summed E-state index contributed by atoms with van der Waals surface area (Å²) in [5.74, 6) is 0. The van der Waals surface area contributed by atoms with Crippen LogP contribution in [0.5, 0.6) is 0 Å². The van der Waals surface area contributed by atoms with Crippen LogP contribution in [0.1, 0.15) is 32.1 Å². The molecular weight excluding hydrogens is 290 g/mol. The molecule has 2 aliphatic rings. The van der Waals surface area contributed by atoms with Gasteiger partial charge in [0.1, 0.15) is 0 Å². The Labute approximate surface area is 117 Å². The quantitative estimate of drug-likeness (QED) is 0.883. The molecule has 1 unspecified atom stereocenters. The van der Waals surface area contributed by atoms with Crippen LogP contribution in [-0.4, -0.2) is 19.3 Å². The fourth-order valence-corrected chi connectivity index (χ4v) is 3.91. The number of ether oxygens (including phenoxy) is 1. The van der Waals surface area contributed by atoms with Gasteiger partial charge in [-0.25, -0.2) is 0 Å². The molecular formula is C15H20BrNO. The second kappa shape index (κ2) is 5.22. The molecule has 3 heteroatoms. The summed E-state index contributed by atoms with van der Waals surface area (Å²) in [6.07, 6.45) is 6.44. The second-order valence-electron chi connectivity index (χ2n) is 5.54. The van der Waals surface area contributed by atoms with Crippen molar-refractivity contribution in [3.05, 3.63) is 28.7 Å². The van der Waals surface area contributed by atoms with Gasteiger partial charge in [-0.15, -0.1) is 0 Å². The van der Waals surface area contributed by atoms with Gasteiger partial charge in [-0.2, -0.15) is 0 Å². The molecule has 1 spiro atoms. The molecule has 1 saturated carbocycles. The highest BCUT2D eigenvalue weighted by Gasteiger charge is 2.43. The number of hydrogen-bond donors (Lipinski definition) is 1. The van der Waals surface area contributed by atoms with Crippen LogP contribution in [0.2, 0.25) is 0 Å². The Morgan fingerprint density at radius 1 is 1.17 bits per heavy atom. The monoisotopic (exact) mass is 309 g/mol. The van der Waals surface area contributed by atoms with E-state index in [1.807, 2.05) is 0 Å². The molecule has 0 amide bonds. The Morgan fingerprint density at radius 3 is 2.72 bits per heavy atom. The lowest BCUT2D eigenvalue weighted by atomic mass is 9.75. The summed E-state index contributed by atoms with van der Waals surface area (Å²) in [6, 6.07) is 9.04. The number of benzene rings is 1. The van der Waals surface area contributed by atoms with E-state index in [2.05, 4.69) is 45.5 Å². The molecule has 3 rings (SSSR count). The van der Waals surface area contributed by atoms with Gasteiger partial charge in [0.05, 0.1) is 0 Å². The SMILES string of the molecule is Brc1ccccc1NC1CCCC12CCOCC2. The first-order chi connectivity index (χ1) is 8.80. The molecule has 98 valence electrons. The molecule has 0 bridgehead atoms. The maximum Gasteiger partial charge on any atom is 0.0486 e. The lowest BCUT2D eigenvalue weighted by molar-refractivity contribution is 0.0134. The minimum absolute atomic E-state index is 0.480. The molecule has 1 saturated heterocycles. The number of rotatable bonds is 2. The second-order valence-corrected chi connectivity index (χ2v) is 6.40. The Balaban J connectivity index is 1.77. The summed E-state index contributed by atoms with van der Waals surface area (Å²) in [6.45, 7) is 1.88. The molecule has 1 heterocycles. The van der Waals surface area contributed by atoms with Gasteiger partial charge >= 0.3 is 0 Å². The predicted molar refractivity (Wildman–Crippen MR) is 77.9 cm³/mol. The third-order valence-corrected chi connectivity index (χ3v) is 5.29. The van der Waals surface area contributed by atoms with Crippen LogP contribution in [0.4, 0.5) is 5.69 Å². The molecule has 1 aromatic carbocycles. The van der Waals surface area contributed by atoms with Gasteiger partial charge in [0, 0.05) is 29.4 Å². The normalized spacial score (nSPS) is 26.4. The first-order valence-electron chi connectivity index (χ1n) is 6.89. The number of hydrogen-bond acceptors (Lipinski definition) is 2. The van der Waals surface area contributed by atoms with E-state index >= 15 is 0 Å². The molecule has 0 aromatic heterocycles. The molecule has 2 fully saturated rings. The third kappa shape index (κ3) is 2.30. The summed E-state index contributed by atoms with van der Waals surface area (Å²) < 4.78 is 6.71. The van der Waals surface area contributed by atoms with Crippen LogP contribution < -0.4 is 5.32 Å². The molecule has 2 nitrogen and oxygen atoms in total. The van der Waals surface area contributed by atoms with Crippen molar-refractivity contribution >= 4 is 21.6 Å². The number of para-hydroxylation sites is 1. The van der Waals surface area contributed by atoms with Crippen LogP contribution in [0.15, 0.2) is 28.7 Å². The van der Waals surface area contributed by atoms with Crippen molar-refractivity contribution in [3.63, 3.8) is 0 Å². The van der Waals surface area contributed by atoms with E-state index < -0.39 is 0 Å². The average molecular weight is 310 g/mol. The van der Waals surface area contributed by atoms with Crippen molar-refractivity contribution < 1.29 is 4.74 Å². The van der Waals surface area contributed by atoms with Crippen molar-refractivity contribution in [2.45, 2.75) is 38.1 Å². The Bertz CT molecular complexity index is 415. The van der Waals surface area contributed by atoms with Crippen LogP contribution in [-0.2, 0) is 4.74 Å². The summed E-state index contributed by atoms with van der Waals surface area (Å²) in [5, 5.41) is 3.77. The van der Waals surface area contributed by atoms with E-state index in [0.29, 0.717) is 11.5 Å². The van der Waals surface area contributed by atoms with Crippen molar-refractivity contribution in [1.82, 2.24) is 0 Å². The fraction of sp³-hybridized carbons (Fsp3) is 0.600. The largest absolute Gasteiger partial charge is 0.381 e. The minimum atomic E-state index is 0.480. The van der Waals surface area contributed by atoms with Gasteiger partial charge in [0.2, 0.25) is 0 Å². The van der Waals surface area contributed by atoms with Crippen LogP contribution in [0, 0.1) is 5.41 Å². The fourth-order valence-electron chi connectivity index (χ4n) is 3.51. The van der Waals surface area contributed by atoms with E-state index in [0.717, 1.165) is 13.2 Å². The molecule has 1 aliphatic heterocycles. The van der Waals surface area contributed by atoms with Crippen molar-refractivity contribution in [2.24, 2.45) is 5.41 Å². The summed E-state index contributed by atoms with van der Waals surface area (Å²) in [4.78, 5) is 0. The predicted octanol–water partition coefficient (Wildman–Crippen LogP) is 4.21. The molecule has 1 aliphatic carbocycles. The minimum Gasteiger partial charge on any atom is -0.381 e. The zero-order valence-electron chi connectivity index (χ0n) is 10.6. The van der Waals surface area contributed by atoms with Gasteiger partial charge in [-0.05, 0) is 59.2 Å². The van der Waals surface area contributed by atoms with Crippen LogP contribution in [0.25, 0.3) is 0 Å². The topological polar surface area (TPSA) is 21.3 Å². The Morgan fingerprint density at radius 2 is 1.94 bits per heavy atom. The molecule has 1 aromatic rings. The Kier molecular flexibility index (Phi) is 3.62. The van der Waals surface area contributed by atoms with Crippen molar-refractivity contribution in [3.8, 4) is 0 Å². The first-order valence-corrected chi connectivity index (χ1v) is 7.68. The van der Waals surface area contributed by atoms with Gasteiger partial charge in [-0.1, -0.05) is 18.6 Å². The van der Waals surface area contributed by atoms with Crippen molar-refractivity contribution in [2.75, 3.05) is 18.5 Å². The lowest BCUT2D eigenvalue weighted by Crippen LogP contribution is -2.40. The number of anilines is 1. The third-order valence-electron chi connectivity index (χ3n) is 4.60. The van der Waals surface area contributed by atoms with E-state index in [1.165, 1.54) is 42.3 Å². The van der Waals surface area contributed by atoms with E-state index in [9.17, 15) is 0 Å². The summed E-state index contributed by atoms with van der Waals surface area (Å²) in [5.41, 5.74) is 1.71. The van der Waals surface area contributed by atoms with Gasteiger partial charge in [-0.3, -0.25) is 0 Å². The molecule has 1 atom stereocenters. The van der Waals surface area contributed by atoms with Crippen LogP contribution in [0.3, 0.4) is 0 Å². The average Bonchev–Trinajstić information content (AvgIpc) is 2.76. The standard InChI is InChI=1S/C15H20BrNO/c16-12-4-1-2-5-13(12)17-14-6-3-7-15(14)8-10-18-11-9-15/h1-2,4-5,14,17H,3,6-11H2. The molecule has 18 heavy (non-hydrogen) atoms. The van der Waals surface area contributed by atoms with E-state index in [4.69, 9.17) is 4.74 Å². The molecule has 0 radical (unpaired) electrons. The van der Waals surface area contributed by atoms with Gasteiger partial charge in [0.15, 0.2) is 0 Å². The first kappa shape index (κ1) is 12.5. The van der Waals surface area contributed by atoms with E-state index in [1.54, 1.807) is 0 Å². The Hall–Kier alpha value is -0.540. The van der Waals surface area contributed by atoms with Gasteiger partial charge in [0.25, 0.3) is 0 Å². The zero-order chi connectivity index (χ0) is 12.4. The zero-order valence-corrected chi connectivity index (χ0v) is 12.2. The van der Waals surface area contributed by atoms with Crippen LogP contribution >= 0.6 is 15.9 Å². The maximum atomic E-state index is 5.54. The van der Waals surface area contributed by atoms with Crippen molar-refractivity contribution in [1.29, 1.82) is 0 Å². The summed E-state index contributed by atoms with van der Waals surface area (Å²) in [7, 11) is 0. The number of halogens is 1. The maximum absolute atomic E-state index is 5.54. The summed E-state index contributed by atoms with van der Waals surface area (Å²) >= 11 is 3.63. The smallest absolute Gasteiger partial charge is 0.0486 e. The molecule has 1 N–H and O–H groups in total. The number of nitrogens with one attached hydrogen (secondary N) is 1. The lowest BCUT2D eigenvalue weighted by Gasteiger charge is -2.39. The van der Waals surface area contributed by atoms with Gasteiger partial charge < -0.3 is 10.1 Å². The van der Waals surface area contributed by atoms with E-state index in [-0.39, 0.29) is 0 Å². The highest BCUT2D eigenvalue weighted by Crippen LogP contribution is 2.47. The highest BCUT2D eigenvalue weighted by molar-refractivity contribution is 9.10.